The number of hydrogen-bond donors (Lipinski definition) is 0. The van der Waals surface area contributed by atoms with Gasteiger partial charge in [0, 0.05) is 38.0 Å². The Morgan fingerprint density at radius 1 is 1.26 bits per heavy atom. The normalized spacial score (nSPS) is 16.0. The lowest BCUT2D eigenvalue weighted by Crippen LogP contribution is -2.58. The third-order valence-corrected chi connectivity index (χ3v) is 4.31. The fourth-order valence-corrected chi connectivity index (χ4v) is 2.68. The van der Waals surface area contributed by atoms with Gasteiger partial charge in [-0.3, -0.25) is 4.90 Å². The molecule has 1 aliphatic rings. The molecule has 124 valence electrons. The molecule has 0 saturated carbocycles. The molecule has 2 aromatic heterocycles. The summed E-state index contributed by atoms with van der Waals surface area (Å²) in [7, 11) is 2.13. The first-order chi connectivity index (χ1) is 10.8. The van der Waals surface area contributed by atoms with Crippen LogP contribution < -0.4 is 4.90 Å². The minimum Gasteiger partial charge on any atom is -0.449 e. The quantitative estimate of drug-likeness (QED) is 0.863. The lowest BCUT2D eigenvalue weighted by atomic mass is 9.92. The molecule has 0 radical (unpaired) electrons. The lowest BCUT2D eigenvalue weighted by Gasteiger charge is -2.44. The molecule has 0 unspecified atom stereocenters. The summed E-state index contributed by atoms with van der Waals surface area (Å²) in [5, 5.41) is 8.74. The van der Waals surface area contributed by atoms with Crippen molar-refractivity contribution in [2.24, 2.45) is 0 Å². The minimum absolute atomic E-state index is 0.0406. The second-order valence-electron chi connectivity index (χ2n) is 7.36. The van der Waals surface area contributed by atoms with Gasteiger partial charge in [0.15, 0.2) is 11.7 Å². The van der Waals surface area contributed by atoms with E-state index in [2.05, 4.69) is 64.9 Å². The van der Waals surface area contributed by atoms with Crippen LogP contribution in [0.4, 0.5) is 5.82 Å². The average molecular weight is 315 g/mol. The summed E-state index contributed by atoms with van der Waals surface area (Å²) in [6.07, 6.45) is 1.74. The van der Waals surface area contributed by atoms with E-state index in [1.807, 2.05) is 6.92 Å². The average Bonchev–Trinajstić information content (AvgIpc) is 2.82. The molecule has 1 saturated heterocycles. The molecule has 23 heavy (non-hydrogen) atoms. The standard InChI is InChI=1S/C17H25N5O/c1-12-18-13(11-23-12)8-21(5)14-9-22(10-14)16-7-6-15(19-20-16)17(2,3)4/h6-7,11,14H,8-10H2,1-5H3. The van der Waals surface area contributed by atoms with E-state index in [1.54, 1.807) is 6.26 Å². The molecule has 1 fully saturated rings. The van der Waals surface area contributed by atoms with Crippen molar-refractivity contribution >= 4 is 5.82 Å². The Morgan fingerprint density at radius 3 is 2.52 bits per heavy atom. The maximum absolute atomic E-state index is 5.26. The van der Waals surface area contributed by atoms with Gasteiger partial charge in [0.25, 0.3) is 0 Å². The number of anilines is 1. The molecule has 0 amide bonds. The van der Waals surface area contributed by atoms with Gasteiger partial charge in [0.05, 0.1) is 11.4 Å². The Labute approximate surface area is 137 Å². The Bertz CT molecular complexity index is 652. The zero-order valence-electron chi connectivity index (χ0n) is 14.6. The van der Waals surface area contributed by atoms with Crippen LogP contribution in [0.1, 0.15) is 38.0 Å². The molecular weight excluding hydrogens is 290 g/mol. The molecule has 2 aromatic rings. The molecule has 6 heteroatoms. The van der Waals surface area contributed by atoms with Gasteiger partial charge in [-0.15, -0.1) is 5.10 Å². The van der Waals surface area contributed by atoms with Crippen molar-refractivity contribution < 1.29 is 4.42 Å². The monoisotopic (exact) mass is 315 g/mol. The van der Waals surface area contributed by atoms with E-state index >= 15 is 0 Å². The molecule has 1 aliphatic heterocycles. The summed E-state index contributed by atoms with van der Waals surface area (Å²) in [5.41, 5.74) is 2.05. The van der Waals surface area contributed by atoms with Crippen molar-refractivity contribution in [1.82, 2.24) is 20.1 Å². The summed E-state index contributed by atoms with van der Waals surface area (Å²) in [6, 6.07) is 4.67. The van der Waals surface area contributed by atoms with Crippen molar-refractivity contribution in [2.75, 3.05) is 25.0 Å². The van der Waals surface area contributed by atoms with E-state index in [9.17, 15) is 0 Å². The van der Waals surface area contributed by atoms with Gasteiger partial charge in [-0.1, -0.05) is 20.8 Å². The summed E-state index contributed by atoms with van der Waals surface area (Å²) >= 11 is 0. The summed E-state index contributed by atoms with van der Waals surface area (Å²) in [4.78, 5) is 8.93. The van der Waals surface area contributed by atoms with Gasteiger partial charge in [0.1, 0.15) is 6.26 Å². The first kappa shape index (κ1) is 15.9. The number of nitrogens with zero attached hydrogens (tertiary/aromatic N) is 5. The molecule has 0 atom stereocenters. The van der Waals surface area contributed by atoms with Gasteiger partial charge in [-0.05, 0) is 19.2 Å². The van der Waals surface area contributed by atoms with E-state index in [-0.39, 0.29) is 5.41 Å². The van der Waals surface area contributed by atoms with Gasteiger partial charge in [-0.25, -0.2) is 4.98 Å². The molecule has 6 nitrogen and oxygen atoms in total. The van der Waals surface area contributed by atoms with E-state index in [4.69, 9.17) is 4.42 Å². The van der Waals surface area contributed by atoms with E-state index in [0.29, 0.717) is 6.04 Å². The fourth-order valence-electron chi connectivity index (χ4n) is 2.68. The Hall–Kier alpha value is -1.95. The highest BCUT2D eigenvalue weighted by molar-refractivity contribution is 5.42. The van der Waals surface area contributed by atoms with Crippen LogP contribution in [0, 0.1) is 6.92 Å². The number of oxazole rings is 1. The van der Waals surface area contributed by atoms with Crippen molar-refractivity contribution in [3.8, 4) is 0 Å². The predicted molar refractivity (Wildman–Crippen MR) is 89.4 cm³/mol. The highest BCUT2D eigenvalue weighted by Crippen LogP contribution is 2.24. The smallest absolute Gasteiger partial charge is 0.191 e. The maximum atomic E-state index is 5.26. The summed E-state index contributed by atoms with van der Waals surface area (Å²) < 4.78 is 5.26. The third-order valence-electron chi connectivity index (χ3n) is 4.31. The van der Waals surface area contributed by atoms with Crippen LogP contribution in [0.15, 0.2) is 22.8 Å². The number of likely N-dealkylation sites (N-methyl/N-ethyl adjacent to an activating group) is 1. The van der Waals surface area contributed by atoms with E-state index in [0.717, 1.165) is 42.7 Å². The van der Waals surface area contributed by atoms with E-state index in [1.165, 1.54) is 0 Å². The first-order valence-electron chi connectivity index (χ1n) is 8.03. The zero-order chi connectivity index (χ0) is 16.6. The minimum atomic E-state index is 0.0406. The topological polar surface area (TPSA) is 58.3 Å². The van der Waals surface area contributed by atoms with Crippen LogP contribution in [0.25, 0.3) is 0 Å². The lowest BCUT2D eigenvalue weighted by molar-refractivity contribution is 0.194. The van der Waals surface area contributed by atoms with Gasteiger partial charge >= 0.3 is 0 Å². The van der Waals surface area contributed by atoms with Crippen LogP contribution in [0.3, 0.4) is 0 Å². The molecule has 0 aromatic carbocycles. The summed E-state index contributed by atoms with van der Waals surface area (Å²) in [5.74, 6) is 1.68. The Balaban J connectivity index is 1.54. The largest absolute Gasteiger partial charge is 0.449 e. The van der Waals surface area contributed by atoms with Crippen LogP contribution in [-0.2, 0) is 12.0 Å². The SMILES string of the molecule is Cc1nc(CN(C)C2CN(c3ccc(C(C)(C)C)nn3)C2)co1. The number of rotatable bonds is 4. The van der Waals surface area contributed by atoms with Crippen molar-refractivity contribution in [3.63, 3.8) is 0 Å². The van der Waals surface area contributed by atoms with Crippen molar-refractivity contribution in [3.05, 3.63) is 35.7 Å². The molecule has 0 bridgehead atoms. The molecule has 0 spiro atoms. The molecule has 0 N–H and O–H groups in total. The van der Waals surface area contributed by atoms with Crippen LogP contribution in [-0.4, -0.2) is 46.3 Å². The molecular formula is C17H25N5O. The van der Waals surface area contributed by atoms with E-state index < -0.39 is 0 Å². The number of hydrogen-bond acceptors (Lipinski definition) is 6. The maximum Gasteiger partial charge on any atom is 0.191 e. The van der Waals surface area contributed by atoms with Gasteiger partial charge in [0.2, 0.25) is 0 Å². The Morgan fingerprint density at radius 2 is 2.00 bits per heavy atom. The predicted octanol–water partition coefficient (Wildman–Crippen LogP) is 2.39. The van der Waals surface area contributed by atoms with Crippen LogP contribution in [0.2, 0.25) is 0 Å². The molecule has 0 aliphatic carbocycles. The van der Waals surface area contributed by atoms with Crippen LogP contribution >= 0.6 is 0 Å². The first-order valence-corrected chi connectivity index (χ1v) is 8.03. The van der Waals surface area contributed by atoms with Gasteiger partial charge in [-0.2, -0.15) is 5.10 Å². The zero-order valence-corrected chi connectivity index (χ0v) is 14.6. The third kappa shape index (κ3) is 3.52. The summed E-state index contributed by atoms with van der Waals surface area (Å²) in [6.45, 7) is 11.1. The Kier molecular flexibility index (Phi) is 4.10. The second-order valence-corrected chi connectivity index (χ2v) is 7.36. The molecule has 3 heterocycles. The second kappa shape index (κ2) is 5.92. The van der Waals surface area contributed by atoms with Crippen molar-refractivity contribution in [2.45, 2.75) is 45.7 Å². The van der Waals surface area contributed by atoms with Crippen molar-refractivity contribution in [1.29, 1.82) is 0 Å². The van der Waals surface area contributed by atoms with Crippen LogP contribution in [0.5, 0.6) is 0 Å². The highest BCUT2D eigenvalue weighted by Gasteiger charge is 2.31. The van der Waals surface area contributed by atoms with Gasteiger partial charge < -0.3 is 9.32 Å². The number of aryl methyl sites for hydroxylation is 1. The highest BCUT2D eigenvalue weighted by atomic mass is 16.3. The molecule has 3 rings (SSSR count). The fraction of sp³-hybridized carbons (Fsp3) is 0.588. The number of aromatic nitrogens is 3.